The van der Waals surface area contributed by atoms with Gasteiger partial charge in [-0.15, -0.1) is 0 Å². The number of nitrogens with zero attached hydrogens (tertiary/aromatic N) is 3. The second kappa shape index (κ2) is 7.51. The van der Waals surface area contributed by atoms with Crippen LogP contribution in [-0.2, 0) is 12.7 Å². The summed E-state index contributed by atoms with van der Waals surface area (Å²) in [6, 6.07) is 4.14. The highest BCUT2D eigenvalue weighted by Gasteiger charge is 2.35. The molecule has 1 heterocycles. The van der Waals surface area contributed by atoms with Crippen LogP contribution in [0.2, 0.25) is 0 Å². The van der Waals surface area contributed by atoms with E-state index in [2.05, 4.69) is 9.97 Å². The first-order chi connectivity index (χ1) is 11.3. The molecule has 0 fully saturated rings. The quantitative estimate of drug-likeness (QED) is 0.789. The maximum Gasteiger partial charge on any atom is 0.420 e. The Morgan fingerprint density at radius 1 is 1.12 bits per heavy atom. The van der Waals surface area contributed by atoms with Gasteiger partial charge in [-0.2, -0.15) is 13.2 Å². The summed E-state index contributed by atoms with van der Waals surface area (Å²) in [6.07, 6.45) is -1.10. The molecule has 7 heteroatoms. The number of ether oxygens (including phenoxy) is 1. The Morgan fingerprint density at radius 3 is 2.33 bits per heavy atom. The van der Waals surface area contributed by atoms with Crippen LogP contribution in [-0.4, -0.2) is 23.1 Å². The molecule has 0 N–H and O–H groups in total. The van der Waals surface area contributed by atoms with Crippen LogP contribution in [0.25, 0.3) is 0 Å². The van der Waals surface area contributed by atoms with Crippen LogP contribution in [0.3, 0.4) is 0 Å². The minimum Gasteiger partial charge on any atom is -0.493 e. The van der Waals surface area contributed by atoms with Crippen molar-refractivity contribution in [2.75, 3.05) is 18.1 Å². The summed E-state index contributed by atoms with van der Waals surface area (Å²) >= 11 is 0. The van der Waals surface area contributed by atoms with Crippen molar-refractivity contribution in [2.45, 2.75) is 33.5 Å². The number of alkyl halides is 3. The van der Waals surface area contributed by atoms with Gasteiger partial charge >= 0.3 is 6.18 Å². The van der Waals surface area contributed by atoms with E-state index in [1.54, 1.807) is 32.3 Å². The van der Waals surface area contributed by atoms with Crippen LogP contribution in [0.15, 0.2) is 30.6 Å². The normalized spacial score (nSPS) is 11.4. The third-order valence-electron chi connectivity index (χ3n) is 3.52. The van der Waals surface area contributed by atoms with Gasteiger partial charge in [0, 0.05) is 36.7 Å². The van der Waals surface area contributed by atoms with E-state index in [0.29, 0.717) is 24.6 Å². The van der Waals surface area contributed by atoms with Crippen molar-refractivity contribution in [3.63, 3.8) is 0 Å². The van der Waals surface area contributed by atoms with Gasteiger partial charge < -0.3 is 9.64 Å². The highest BCUT2D eigenvalue weighted by atomic mass is 19.4. The number of anilines is 1. The Hall–Kier alpha value is -2.31. The van der Waals surface area contributed by atoms with E-state index in [1.165, 1.54) is 6.07 Å². The molecule has 0 spiro atoms. The van der Waals surface area contributed by atoms with Gasteiger partial charge in [0.15, 0.2) is 0 Å². The minimum atomic E-state index is -4.47. The van der Waals surface area contributed by atoms with Crippen LogP contribution in [0.5, 0.6) is 5.75 Å². The van der Waals surface area contributed by atoms with E-state index in [1.807, 2.05) is 11.8 Å². The molecule has 0 atom stereocenters. The maximum atomic E-state index is 13.3. The minimum absolute atomic E-state index is 0.150. The summed E-state index contributed by atoms with van der Waals surface area (Å²) in [6.45, 7) is 6.49. The number of rotatable bonds is 6. The Bertz CT molecular complexity index is 672. The molecule has 0 unspecified atom stereocenters. The lowest BCUT2D eigenvalue weighted by Crippen LogP contribution is -2.23. The molecule has 2 aromatic rings. The van der Waals surface area contributed by atoms with Crippen LogP contribution < -0.4 is 9.64 Å². The monoisotopic (exact) mass is 339 g/mol. The van der Waals surface area contributed by atoms with Crippen molar-refractivity contribution in [3.8, 4) is 5.75 Å². The zero-order valence-electron chi connectivity index (χ0n) is 13.9. The predicted octanol–water partition coefficient (Wildman–Crippen LogP) is 4.23. The third kappa shape index (κ3) is 4.37. The fourth-order valence-electron chi connectivity index (χ4n) is 2.32. The first kappa shape index (κ1) is 18.0. The Labute approximate surface area is 139 Å². The molecular weight excluding hydrogens is 319 g/mol. The molecule has 1 aromatic carbocycles. The predicted molar refractivity (Wildman–Crippen MR) is 86.1 cm³/mol. The highest BCUT2D eigenvalue weighted by molar-refractivity contribution is 5.54. The lowest BCUT2D eigenvalue weighted by molar-refractivity contribution is -0.138. The van der Waals surface area contributed by atoms with Gasteiger partial charge in [0.1, 0.15) is 11.6 Å². The number of aryl methyl sites for hydroxylation is 1. The number of hydrogen-bond donors (Lipinski definition) is 0. The fraction of sp³-hybridized carbons (Fsp3) is 0.412. The largest absolute Gasteiger partial charge is 0.493 e. The van der Waals surface area contributed by atoms with Gasteiger partial charge in [0.05, 0.1) is 12.2 Å². The first-order valence-corrected chi connectivity index (χ1v) is 7.71. The van der Waals surface area contributed by atoms with Gasteiger partial charge in [-0.25, -0.2) is 9.97 Å². The molecule has 0 aliphatic heterocycles. The van der Waals surface area contributed by atoms with Crippen LogP contribution in [0.1, 0.15) is 30.8 Å². The number of aromatic nitrogens is 2. The highest BCUT2D eigenvalue weighted by Crippen LogP contribution is 2.38. The molecule has 24 heavy (non-hydrogen) atoms. The molecule has 4 nitrogen and oxygen atoms in total. The average Bonchev–Trinajstić information content (AvgIpc) is 2.54. The van der Waals surface area contributed by atoms with Crippen LogP contribution in [0.4, 0.5) is 18.9 Å². The summed E-state index contributed by atoms with van der Waals surface area (Å²) in [5, 5.41) is 0. The second-order valence-corrected chi connectivity index (χ2v) is 5.26. The van der Waals surface area contributed by atoms with Gasteiger partial charge in [-0.3, -0.25) is 0 Å². The summed E-state index contributed by atoms with van der Waals surface area (Å²) < 4.78 is 44.9. The van der Waals surface area contributed by atoms with E-state index in [-0.39, 0.29) is 12.4 Å². The third-order valence-corrected chi connectivity index (χ3v) is 3.52. The number of halogens is 3. The van der Waals surface area contributed by atoms with E-state index in [4.69, 9.17) is 4.74 Å². The molecule has 0 aliphatic rings. The van der Waals surface area contributed by atoms with Gasteiger partial charge in [0.2, 0.25) is 0 Å². The molecule has 0 bridgehead atoms. The van der Waals surface area contributed by atoms with E-state index >= 15 is 0 Å². The maximum absolute atomic E-state index is 13.3. The topological polar surface area (TPSA) is 38.2 Å². The van der Waals surface area contributed by atoms with E-state index < -0.39 is 11.7 Å². The summed E-state index contributed by atoms with van der Waals surface area (Å²) in [4.78, 5) is 10.1. The molecule has 130 valence electrons. The summed E-state index contributed by atoms with van der Waals surface area (Å²) in [5.74, 6) is 0.505. The second-order valence-electron chi connectivity index (χ2n) is 5.26. The van der Waals surface area contributed by atoms with Crippen LogP contribution >= 0.6 is 0 Å². The SMILES string of the molecule is CCOc1ccc(N(CC)Cc2cnc(C)nc2)cc1C(F)(F)F. The first-order valence-electron chi connectivity index (χ1n) is 7.71. The van der Waals surface area contributed by atoms with Gasteiger partial charge in [-0.1, -0.05) is 0 Å². The van der Waals surface area contributed by atoms with E-state index in [0.717, 1.165) is 11.6 Å². The smallest absolute Gasteiger partial charge is 0.420 e. The summed E-state index contributed by atoms with van der Waals surface area (Å²) in [7, 11) is 0. The molecule has 0 amide bonds. The van der Waals surface area contributed by atoms with Gasteiger partial charge in [-0.05, 0) is 39.0 Å². The Morgan fingerprint density at radius 2 is 1.79 bits per heavy atom. The number of hydrogen-bond acceptors (Lipinski definition) is 4. The van der Waals surface area contributed by atoms with Crippen LogP contribution in [0, 0.1) is 6.92 Å². The van der Waals surface area contributed by atoms with Crippen molar-refractivity contribution in [2.24, 2.45) is 0 Å². The molecule has 0 saturated carbocycles. The summed E-state index contributed by atoms with van der Waals surface area (Å²) in [5.41, 5.74) is 0.555. The average molecular weight is 339 g/mol. The Balaban J connectivity index is 2.32. The van der Waals surface area contributed by atoms with Crippen molar-refractivity contribution >= 4 is 5.69 Å². The number of benzene rings is 1. The fourth-order valence-corrected chi connectivity index (χ4v) is 2.32. The standard InChI is InChI=1S/C17H20F3N3O/c1-4-23(11-13-9-21-12(3)22-10-13)14-6-7-16(24-5-2)15(8-14)17(18,19)20/h6-10H,4-5,11H2,1-3H3. The Kier molecular flexibility index (Phi) is 5.64. The molecule has 0 saturated heterocycles. The zero-order valence-corrected chi connectivity index (χ0v) is 13.9. The molecule has 0 aliphatic carbocycles. The lowest BCUT2D eigenvalue weighted by atomic mass is 10.1. The van der Waals surface area contributed by atoms with Crippen molar-refractivity contribution in [3.05, 3.63) is 47.5 Å². The molecule has 0 radical (unpaired) electrons. The molecule has 2 rings (SSSR count). The zero-order chi connectivity index (χ0) is 17.7. The van der Waals surface area contributed by atoms with Crippen molar-refractivity contribution < 1.29 is 17.9 Å². The van der Waals surface area contributed by atoms with Crippen molar-refractivity contribution in [1.29, 1.82) is 0 Å². The lowest BCUT2D eigenvalue weighted by Gasteiger charge is -2.25. The van der Waals surface area contributed by atoms with Crippen molar-refractivity contribution in [1.82, 2.24) is 9.97 Å². The van der Waals surface area contributed by atoms with Gasteiger partial charge in [0.25, 0.3) is 0 Å². The molecular formula is C17H20F3N3O. The molecule has 1 aromatic heterocycles. The van der Waals surface area contributed by atoms with E-state index in [9.17, 15) is 13.2 Å².